The Balaban J connectivity index is 1.58. The van der Waals surface area contributed by atoms with E-state index in [0.29, 0.717) is 37.5 Å². The standard InChI is InChI=1S/C28H31NO5/c1-21(2)34-28-18-26(16-13-24(28)10-7-17-30)32-19-22-11-14-25(15-12-22)33-20-27(29-31-3)23-8-5-4-6-9-23/h4-6,8-9,11-18,21H,7,10,19-20H2,1-3H3/b29-27+. The Morgan fingerprint density at radius 1 is 0.941 bits per heavy atom. The molecule has 0 saturated heterocycles. The van der Waals surface area contributed by atoms with Crippen LogP contribution in [0.2, 0.25) is 0 Å². The van der Waals surface area contributed by atoms with Gasteiger partial charge in [0.15, 0.2) is 0 Å². The highest BCUT2D eigenvalue weighted by Crippen LogP contribution is 2.27. The molecule has 0 aromatic heterocycles. The van der Waals surface area contributed by atoms with Crippen LogP contribution in [-0.4, -0.2) is 31.8 Å². The largest absolute Gasteiger partial charge is 0.491 e. The van der Waals surface area contributed by atoms with Crippen molar-refractivity contribution < 1.29 is 23.8 Å². The molecule has 0 aliphatic carbocycles. The Labute approximate surface area is 201 Å². The molecule has 0 radical (unpaired) electrons. The maximum atomic E-state index is 10.7. The van der Waals surface area contributed by atoms with Gasteiger partial charge in [-0.15, -0.1) is 0 Å². The lowest BCUT2D eigenvalue weighted by molar-refractivity contribution is -0.107. The Morgan fingerprint density at radius 2 is 1.68 bits per heavy atom. The van der Waals surface area contributed by atoms with E-state index in [2.05, 4.69) is 5.16 Å². The predicted octanol–water partition coefficient (Wildman–Crippen LogP) is 5.61. The summed E-state index contributed by atoms with van der Waals surface area (Å²) in [6.45, 7) is 4.66. The summed E-state index contributed by atoms with van der Waals surface area (Å²) in [5.41, 5.74) is 3.68. The van der Waals surface area contributed by atoms with Crippen LogP contribution in [0.4, 0.5) is 0 Å². The monoisotopic (exact) mass is 461 g/mol. The summed E-state index contributed by atoms with van der Waals surface area (Å²) in [6, 6.07) is 23.3. The average Bonchev–Trinajstić information content (AvgIpc) is 2.85. The van der Waals surface area contributed by atoms with Crippen molar-refractivity contribution in [1.82, 2.24) is 0 Å². The van der Waals surface area contributed by atoms with Crippen LogP contribution in [0, 0.1) is 0 Å². The molecule has 6 heteroatoms. The summed E-state index contributed by atoms with van der Waals surface area (Å²) in [5, 5.41) is 4.08. The molecular weight excluding hydrogens is 430 g/mol. The lowest BCUT2D eigenvalue weighted by atomic mass is 10.1. The van der Waals surface area contributed by atoms with E-state index in [1.807, 2.05) is 86.6 Å². The zero-order chi connectivity index (χ0) is 24.2. The Bertz CT molecular complexity index is 1060. The lowest BCUT2D eigenvalue weighted by Gasteiger charge is -2.16. The summed E-state index contributed by atoms with van der Waals surface area (Å²) in [5.74, 6) is 2.20. The molecule has 6 nitrogen and oxygen atoms in total. The molecule has 0 saturated carbocycles. The highest BCUT2D eigenvalue weighted by atomic mass is 16.6. The van der Waals surface area contributed by atoms with E-state index >= 15 is 0 Å². The molecule has 178 valence electrons. The van der Waals surface area contributed by atoms with Gasteiger partial charge in [0.05, 0.1) is 6.10 Å². The Kier molecular flexibility index (Phi) is 9.52. The molecular formula is C28H31NO5. The van der Waals surface area contributed by atoms with Crippen molar-refractivity contribution in [1.29, 1.82) is 0 Å². The van der Waals surface area contributed by atoms with Crippen molar-refractivity contribution in [2.45, 2.75) is 39.4 Å². The SMILES string of the molecule is CO/N=C(\COc1ccc(COc2ccc(CCC=O)c(OC(C)C)c2)cc1)c1ccccc1. The molecule has 0 aliphatic rings. The van der Waals surface area contributed by atoms with Gasteiger partial charge in [0.1, 0.15) is 49.6 Å². The first-order valence-corrected chi connectivity index (χ1v) is 11.3. The Hall–Kier alpha value is -3.80. The first kappa shape index (κ1) is 24.8. The van der Waals surface area contributed by atoms with Crippen LogP contribution in [0.5, 0.6) is 17.2 Å². The van der Waals surface area contributed by atoms with E-state index in [1.165, 1.54) is 7.11 Å². The van der Waals surface area contributed by atoms with Crippen LogP contribution in [0.3, 0.4) is 0 Å². The van der Waals surface area contributed by atoms with Crippen molar-refractivity contribution in [2.24, 2.45) is 5.16 Å². The zero-order valence-corrected chi connectivity index (χ0v) is 19.9. The van der Waals surface area contributed by atoms with Gasteiger partial charge in [-0.3, -0.25) is 0 Å². The summed E-state index contributed by atoms with van der Waals surface area (Å²) in [4.78, 5) is 15.7. The minimum atomic E-state index is 0.0362. The molecule has 3 aromatic rings. The number of rotatable bonds is 13. The van der Waals surface area contributed by atoms with Crippen LogP contribution >= 0.6 is 0 Å². The van der Waals surface area contributed by atoms with Crippen LogP contribution in [0.15, 0.2) is 78.0 Å². The first-order valence-electron chi connectivity index (χ1n) is 11.3. The van der Waals surface area contributed by atoms with Gasteiger partial charge in [-0.1, -0.05) is 53.7 Å². The quantitative estimate of drug-likeness (QED) is 0.188. The highest BCUT2D eigenvalue weighted by molar-refractivity contribution is 6.01. The van der Waals surface area contributed by atoms with Gasteiger partial charge in [0, 0.05) is 18.1 Å². The van der Waals surface area contributed by atoms with Gasteiger partial charge in [-0.2, -0.15) is 0 Å². The number of carbonyl (C=O) groups excluding carboxylic acids is 1. The van der Waals surface area contributed by atoms with Gasteiger partial charge in [0.2, 0.25) is 0 Å². The first-order chi connectivity index (χ1) is 16.6. The second kappa shape index (κ2) is 13.0. The molecule has 34 heavy (non-hydrogen) atoms. The molecule has 0 atom stereocenters. The maximum Gasteiger partial charge on any atom is 0.134 e. The predicted molar refractivity (Wildman–Crippen MR) is 133 cm³/mol. The minimum absolute atomic E-state index is 0.0362. The molecule has 3 rings (SSSR count). The van der Waals surface area contributed by atoms with Crippen molar-refractivity contribution >= 4 is 12.0 Å². The Morgan fingerprint density at radius 3 is 2.35 bits per heavy atom. The number of benzene rings is 3. The van der Waals surface area contributed by atoms with Crippen LogP contribution < -0.4 is 14.2 Å². The number of ether oxygens (including phenoxy) is 3. The fraction of sp³-hybridized carbons (Fsp3) is 0.286. The fourth-order valence-electron chi connectivity index (χ4n) is 3.31. The smallest absolute Gasteiger partial charge is 0.134 e. The van der Waals surface area contributed by atoms with E-state index in [9.17, 15) is 4.79 Å². The molecule has 0 heterocycles. The summed E-state index contributed by atoms with van der Waals surface area (Å²) in [6.07, 6.45) is 2.07. The number of oxime groups is 1. The van der Waals surface area contributed by atoms with E-state index in [4.69, 9.17) is 19.0 Å². The maximum absolute atomic E-state index is 10.7. The molecule has 0 unspecified atom stereocenters. The number of hydrogen-bond acceptors (Lipinski definition) is 6. The number of aldehydes is 1. The van der Waals surface area contributed by atoms with Crippen molar-refractivity contribution in [3.8, 4) is 17.2 Å². The van der Waals surface area contributed by atoms with Crippen LogP contribution in [0.1, 0.15) is 37.0 Å². The molecule has 0 fully saturated rings. The van der Waals surface area contributed by atoms with Gasteiger partial charge in [0.25, 0.3) is 0 Å². The van der Waals surface area contributed by atoms with E-state index < -0.39 is 0 Å². The molecule has 0 aliphatic heterocycles. The average molecular weight is 462 g/mol. The van der Waals surface area contributed by atoms with Crippen molar-refractivity contribution in [2.75, 3.05) is 13.7 Å². The second-order valence-corrected chi connectivity index (χ2v) is 7.95. The molecule has 0 spiro atoms. The third kappa shape index (κ3) is 7.66. The van der Waals surface area contributed by atoms with E-state index in [0.717, 1.165) is 34.5 Å². The molecule has 0 N–H and O–H groups in total. The fourth-order valence-corrected chi connectivity index (χ4v) is 3.31. The van der Waals surface area contributed by atoms with Crippen LogP contribution in [-0.2, 0) is 22.7 Å². The van der Waals surface area contributed by atoms with Crippen molar-refractivity contribution in [3.05, 3.63) is 89.5 Å². The normalized spacial score (nSPS) is 11.2. The molecule has 0 bridgehead atoms. The third-order valence-electron chi connectivity index (χ3n) is 4.95. The number of hydrogen-bond donors (Lipinski definition) is 0. The van der Waals surface area contributed by atoms with E-state index in [1.54, 1.807) is 0 Å². The zero-order valence-electron chi connectivity index (χ0n) is 19.9. The topological polar surface area (TPSA) is 66.3 Å². The van der Waals surface area contributed by atoms with Gasteiger partial charge in [-0.05, 0) is 49.6 Å². The number of nitrogens with zero attached hydrogens (tertiary/aromatic N) is 1. The van der Waals surface area contributed by atoms with Crippen LogP contribution in [0.25, 0.3) is 0 Å². The second-order valence-electron chi connectivity index (χ2n) is 7.95. The highest BCUT2D eigenvalue weighted by Gasteiger charge is 2.09. The summed E-state index contributed by atoms with van der Waals surface area (Å²) >= 11 is 0. The van der Waals surface area contributed by atoms with Gasteiger partial charge < -0.3 is 23.8 Å². The summed E-state index contributed by atoms with van der Waals surface area (Å²) < 4.78 is 17.8. The van der Waals surface area contributed by atoms with Gasteiger partial charge >= 0.3 is 0 Å². The molecule has 0 amide bonds. The van der Waals surface area contributed by atoms with Crippen molar-refractivity contribution in [3.63, 3.8) is 0 Å². The summed E-state index contributed by atoms with van der Waals surface area (Å²) in [7, 11) is 1.52. The lowest BCUT2D eigenvalue weighted by Crippen LogP contribution is -2.13. The third-order valence-corrected chi connectivity index (χ3v) is 4.95. The van der Waals surface area contributed by atoms with E-state index in [-0.39, 0.29) is 6.10 Å². The molecule has 3 aromatic carbocycles. The number of carbonyl (C=O) groups is 1. The number of aryl methyl sites for hydroxylation is 1. The van der Waals surface area contributed by atoms with Gasteiger partial charge in [-0.25, -0.2) is 0 Å². The minimum Gasteiger partial charge on any atom is -0.491 e.